The number of halogens is 1. The van der Waals surface area contributed by atoms with Crippen LogP contribution in [-0.2, 0) is 4.74 Å². The third kappa shape index (κ3) is 7.87. The second-order valence-corrected chi connectivity index (χ2v) is 7.40. The summed E-state index contributed by atoms with van der Waals surface area (Å²) in [6.45, 7) is 12.1. The van der Waals surface area contributed by atoms with Gasteiger partial charge < -0.3 is 15.4 Å². The molecule has 1 atom stereocenters. The average molecular weight is 502 g/mol. The molecular weight excluding hydrogens is 463 g/mol. The molecule has 2 rings (SSSR count). The van der Waals surface area contributed by atoms with Crippen molar-refractivity contribution in [1.29, 1.82) is 0 Å². The van der Waals surface area contributed by atoms with Gasteiger partial charge in [-0.1, -0.05) is 44.2 Å². The fraction of sp³-hybridized carbons (Fsp3) is 0.682. The highest BCUT2D eigenvalue weighted by Crippen LogP contribution is 2.48. The minimum absolute atomic E-state index is 0. The zero-order valence-electron chi connectivity index (χ0n) is 18.0. The Morgan fingerprint density at radius 3 is 2.36 bits per heavy atom. The molecule has 2 N–H and O–H groups in total. The number of aliphatic imine (C=N–C) groups is 1. The third-order valence-electron chi connectivity index (χ3n) is 5.69. The van der Waals surface area contributed by atoms with E-state index in [9.17, 15) is 0 Å². The largest absolute Gasteiger partial charge is 0.382 e. The van der Waals surface area contributed by atoms with Crippen molar-refractivity contribution in [3.63, 3.8) is 0 Å². The molecule has 1 aliphatic rings. The van der Waals surface area contributed by atoms with Crippen LogP contribution >= 0.6 is 24.0 Å². The summed E-state index contributed by atoms with van der Waals surface area (Å²) in [7, 11) is 1.85. The van der Waals surface area contributed by atoms with Crippen molar-refractivity contribution in [2.24, 2.45) is 10.4 Å². The summed E-state index contributed by atoms with van der Waals surface area (Å²) in [5, 5.41) is 7.10. The van der Waals surface area contributed by atoms with Gasteiger partial charge in [-0.15, -0.1) is 24.0 Å². The topological polar surface area (TPSA) is 48.9 Å². The van der Waals surface area contributed by atoms with Gasteiger partial charge in [-0.05, 0) is 50.3 Å². The van der Waals surface area contributed by atoms with Crippen LogP contribution in [0, 0.1) is 5.41 Å². The molecule has 0 saturated heterocycles. The number of hydrogen-bond acceptors (Lipinski definition) is 3. The van der Waals surface area contributed by atoms with E-state index in [4.69, 9.17) is 4.74 Å². The Morgan fingerprint density at radius 1 is 1.14 bits per heavy atom. The highest BCUT2D eigenvalue weighted by molar-refractivity contribution is 14.0. The second-order valence-electron chi connectivity index (χ2n) is 7.40. The highest BCUT2D eigenvalue weighted by Gasteiger charge is 2.41. The van der Waals surface area contributed by atoms with Gasteiger partial charge in [0, 0.05) is 33.4 Å². The summed E-state index contributed by atoms with van der Waals surface area (Å²) in [6, 6.07) is 11.1. The molecule has 1 saturated carbocycles. The van der Waals surface area contributed by atoms with E-state index < -0.39 is 0 Å². The number of ether oxygens (including phenoxy) is 1. The van der Waals surface area contributed by atoms with E-state index in [1.54, 1.807) is 0 Å². The number of hydrogen-bond donors (Lipinski definition) is 2. The number of rotatable bonds is 12. The zero-order valence-corrected chi connectivity index (χ0v) is 20.4. The average Bonchev–Trinajstić information content (AvgIpc) is 3.48. The van der Waals surface area contributed by atoms with E-state index in [1.807, 2.05) is 7.05 Å². The Labute approximate surface area is 188 Å². The molecule has 28 heavy (non-hydrogen) atoms. The van der Waals surface area contributed by atoms with Gasteiger partial charge in [0.2, 0.25) is 0 Å². The van der Waals surface area contributed by atoms with Crippen molar-refractivity contribution in [3.05, 3.63) is 35.9 Å². The number of nitrogens with one attached hydrogen (secondary N) is 2. The molecule has 160 valence electrons. The molecule has 0 radical (unpaired) electrons. The SMILES string of the molecule is CCOCCC1(CNC(=NC)NCC(c2ccccc2)N(CC)CC)CC1.I. The molecular formula is C22H39IN4O. The maximum atomic E-state index is 5.54. The molecule has 5 nitrogen and oxygen atoms in total. The first-order chi connectivity index (χ1) is 13.2. The molecule has 6 heteroatoms. The predicted molar refractivity (Wildman–Crippen MR) is 130 cm³/mol. The quantitative estimate of drug-likeness (QED) is 0.196. The van der Waals surface area contributed by atoms with Gasteiger partial charge in [-0.2, -0.15) is 0 Å². The Balaban J connectivity index is 0.00000392. The number of nitrogens with zero attached hydrogens (tertiary/aromatic N) is 2. The first-order valence-corrected chi connectivity index (χ1v) is 10.5. The summed E-state index contributed by atoms with van der Waals surface area (Å²) in [6.07, 6.45) is 3.71. The van der Waals surface area contributed by atoms with Crippen LogP contribution in [0.3, 0.4) is 0 Å². The molecule has 1 fully saturated rings. The molecule has 0 heterocycles. The van der Waals surface area contributed by atoms with Crippen LogP contribution in [0.1, 0.15) is 51.6 Å². The summed E-state index contributed by atoms with van der Waals surface area (Å²) in [5.41, 5.74) is 1.75. The van der Waals surface area contributed by atoms with Crippen molar-refractivity contribution in [3.8, 4) is 0 Å². The summed E-state index contributed by atoms with van der Waals surface area (Å²) in [4.78, 5) is 6.92. The Morgan fingerprint density at radius 2 is 1.82 bits per heavy atom. The minimum atomic E-state index is 0. The number of guanidine groups is 1. The smallest absolute Gasteiger partial charge is 0.191 e. The van der Waals surface area contributed by atoms with E-state index in [1.165, 1.54) is 18.4 Å². The van der Waals surface area contributed by atoms with Crippen LogP contribution in [0.15, 0.2) is 35.3 Å². The fourth-order valence-electron chi connectivity index (χ4n) is 3.61. The molecule has 0 amide bonds. The molecule has 0 aliphatic heterocycles. The van der Waals surface area contributed by atoms with Crippen molar-refractivity contribution >= 4 is 29.9 Å². The van der Waals surface area contributed by atoms with Gasteiger partial charge in [0.15, 0.2) is 5.96 Å². The predicted octanol–water partition coefficient (Wildman–Crippen LogP) is 4.06. The lowest BCUT2D eigenvalue weighted by Gasteiger charge is -2.31. The number of benzene rings is 1. The summed E-state index contributed by atoms with van der Waals surface area (Å²) in [5.74, 6) is 0.894. The van der Waals surface area contributed by atoms with Crippen LogP contribution in [0.4, 0.5) is 0 Å². The maximum Gasteiger partial charge on any atom is 0.191 e. The first kappa shape index (κ1) is 25.2. The first-order valence-electron chi connectivity index (χ1n) is 10.5. The van der Waals surface area contributed by atoms with Gasteiger partial charge >= 0.3 is 0 Å². The molecule has 0 spiro atoms. The standard InChI is InChI=1S/C22H38N4O.HI/c1-5-26(6-2)20(19-11-9-8-10-12-19)17-24-21(23-4)25-18-22(13-14-22)15-16-27-7-3;/h8-12,20H,5-7,13-18H2,1-4H3,(H2,23,24,25);1H. The van der Waals surface area contributed by atoms with Crippen LogP contribution in [0.25, 0.3) is 0 Å². The Hall–Kier alpha value is -0.860. The van der Waals surface area contributed by atoms with Gasteiger partial charge in [0.25, 0.3) is 0 Å². The van der Waals surface area contributed by atoms with Gasteiger partial charge in [-0.25, -0.2) is 0 Å². The van der Waals surface area contributed by atoms with E-state index in [0.717, 1.165) is 51.8 Å². The lowest BCUT2D eigenvalue weighted by atomic mass is 10.0. The van der Waals surface area contributed by atoms with E-state index in [-0.39, 0.29) is 24.0 Å². The highest BCUT2D eigenvalue weighted by atomic mass is 127. The summed E-state index contributed by atoms with van der Waals surface area (Å²) >= 11 is 0. The monoisotopic (exact) mass is 502 g/mol. The molecule has 1 aliphatic carbocycles. The number of likely N-dealkylation sites (N-methyl/N-ethyl adjacent to an activating group) is 1. The normalized spacial score (nSPS) is 16.4. The molecule has 1 aromatic rings. The van der Waals surface area contributed by atoms with Crippen LogP contribution < -0.4 is 10.6 Å². The maximum absolute atomic E-state index is 5.54. The van der Waals surface area contributed by atoms with E-state index in [0.29, 0.717) is 11.5 Å². The molecule has 1 aromatic carbocycles. The molecule has 0 aromatic heterocycles. The Bertz CT molecular complexity index is 559. The van der Waals surface area contributed by atoms with Crippen LogP contribution in [0.2, 0.25) is 0 Å². The van der Waals surface area contributed by atoms with E-state index >= 15 is 0 Å². The molecule has 1 unspecified atom stereocenters. The summed E-state index contributed by atoms with van der Waals surface area (Å²) < 4.78 is 5.54. The zero-order chi connectivity index (χ0) is 19.5. The van der Waals surface area contributed by atoms with Gasteiger partial charge in [-0.3, -0.25) is 9.89 Å². The van der Waals surface area contributed by atoms with Crippen molar-refractivity contribution in [1.82, 2.24) is 15.5 Å². The second kappa shape index (κ2) is 13.4. The van der Waals surface area contributed by atoms with Gasteiger partial charge in [0.1, 0.15) is 0 Å². The van der Waals surface area contributed by atoms with Crippen LogP contribution in [-0.4, -0.2) is 57.3 Å². The lowest BCUT2D eigenvalue weighted by molar-refractivity contribution is 0.128. The van der Waals surface area contributed by atoms with E-state index in [2.05, 4.69) is 71.6 Å². The van der Waals surface area contributed by atoms with Crippen molar-refractivity contribution in [2.45, 2.75) is 46.1 Å². The minimum Gasteiger partial charge on any atom is -0.382 e. The lowest BCUT2D eigenvalue weighted by Crippen LogP contribution is -2.44. The van der Waals surface area contributed by atoms with Crippen LogP contribution in [0.5, 0.6) is 0 Å². The third-order valence-corrected chi connectivity index (χ3v) is 5.69. The fourth-order valence-corrected chi connectivity index (χ4v) is 3.61. The van der Waals surface area contributed by atoms with Gasteiger partial charge in [0.05, 0.1) is 6.04 Å². The Kier molecular flexibility index (Phi) is 12.0. The van der Waals surface area contributed by atoms with Crippen molar-refractivity contribution in [2.75, 3.05) is 46.4 Å². The molecule has 0 bridgehead atoms. The van der Waals surface area contributed by atoms with Crippen molar-refractivity contribution < 1.29 is 4.74 Å².